The van der Waals surface area contributed by atoms with Crippen molar-refractivity contribution in [1.82, 2.24) is 9.80 Å². The Balaban J connectivity index is 1.88. The molecule has 3 N–H and O–H groups in total. The maximum absolute atomic E-state index is 9.57. The Labute approximate surface area is 128 Å². The van der Waals surface area contributed by atoms with Crippen LogP contribution in [-0.4, -0.2) is 53.7 Å². The first-order valence-corrected chi connectivity index (χ1v) is 8.17. The van der Waals surface area contributed by atoms with Crippen LogP contribution >= 0.6 is 0 Å². The molecule has 0 radical (unpaired) electrons. The van der Waals surface area contributed by atoms with Gasteiger partial charge in [0.25, 0.3) is 0 Å². The van der Waals surface area contributed by atoms with Gasteiger partial charge in [0.05, 0.1) is 0 Å². The van der Waals surface area contributed by atoms with Crippen molar-refractivity contribution in [3.8, 4) is 5.75 Å². The predicted molar refractivity (Wildman–Crippen MR) is 87.3 cm³/mol. The highest BCUT2D eigenvalue weighted by Crippen LogP contribution is 2.16. The monoisotopic (exact) mass is 291 g/mol. The zero-order valence-corrected chi connectivity index (χ0v) is 13.2. The van der Waals surface area contributed by atoms with Crippen molar-refractivity contribution < 1.29 is 5.11 Å². The Bertz CT molecular complexity index is 424. The zero-order valence-electron chi connectivity index (χ0n) is 13.2. The van der Waals surface area contributed by atoms with Gasteiger partial charge in [0.2, 0.25) is 0 Å². The lowest BCUT2D eigenvalue weighted by atomic mass is 10.1. The predicted octanol–water partition coefficient (Wildman–Crippen LogP) is 2.03. The van der Waals surface area contributed by atoms with Gasteiger partial charge in [0.1, 0.15) is 5.75 Å². The van der Waals surface area contributed by atoms with Crippen LogP contribution in [0.15, 0.2) is 24.3 Å². The molecule has 1 unspecified atom stereocenters. The van der Waals surface area contributed by atoms with Crippen LogP contribution in [0.4, 0.5) is 0 Å². The van der Waals surface area contributed by atoms with Gasteiger partial charge in [-0.3, -0.25) is 9.80 Å². The largest absolute Gasteiger partial charge is 0.508 e. The van der Waals surface area contributed by atoms with Gasteiger partial charge in [0.15, 0.2) is 0 Å². The van der Waals surface area contributed by atoms with E-state index in [1.807, 2.05) is 12.1 Å². The summed E-state index contributed by atoms with van der Waals surface area (Å²) in [6.07, 6.45) is 3.49. The lowest BCUT2D eigenvalue weighted by Gasteiger charge is -2.29. The van der Waals surface area contributed by atoms with E-state index in [-0.39, 0.29) is 0 Å². The molecule has 4 nitrogen and oxygen atoms in total. The second-order valence-corrected chi connectivity index (χ2v) is 5.97. The number of nitrogens with zero attached hydrogens (tertiary/aromatic N) is 2. The molecule has 1 heterocycles. The third kappa shape index (κ3) is 4.99. The van der Waals surface area contributed by atoms with Crippen molar-refractivity contribution in [3.63, 3.8) is 0 Å². The molecule has 0 bridgehead atoms. The number of nitrogens with two attached hydrogens (primary N) is 1. The lowest BCUT2D eigenvalue weighted by molar-refractivity contribution is 0.184. The van der Waals surface area contributed by atoms with E-state index < -0.39 is 0 Å². The Morgan fingerprint density at radius 1 is 1.24 bits per heavy atom. The zero-order chi connectivity index (χ0) is 15.1. The average molecular weight is 291 g/mol. The molecule has 4 heteroatoms. The van der Waals surface area contributed by atoms with Gasteiger partial charge in [-0.15, -0.1) is 0 Å². The third-order valence-corrected chi connectivity index (χ3v) is 4.43. The van der Waals surface area contributed by atoms with Crippen LogP contribution < -0.4 is 5.73 Å². The molecule has 1 atom stereocenters. The van der Waals surface area contributed by atoms with Crippen molar-refractivity contribution in [1.29, 1.82) is 0 Å². The Kier molecular flexibility index (Phi) is 6.49. The highest BCUT2D eigenvalue weighted by atomic mass is 16.3. The molecule has 1 fully saturated rings. The van der Waals surface area contributed by atoms with E-state index in [0.717, 1.165) is 39.1 Å². The summed E-state index contributed by atoms with van der Waals surface area (Å²) in [7, 11) is 0. The molecule has 1 saturated heterocycles. The summed E-state index contributed by atoms with van der Waals surface area (Å²) in [5.41, 5.74) is 6.93. The van der Waals surface area contributed by atoms with Gasteiger partial charge in [-0.2, -0.15) is 0 Å². The van der Waals surface area contributed by atoms with E-state index in [2.05, 4.69) is 22.8 Å². The van der Waals surface area contributed by atoms with Gasteiger partial charge in [-0.05, 0) is 56.6 Å². The maximum atomic E-state index is 9.57. The third-order valence-electron chi connectivity index (χ3n) is 4.43. The normalized spacial score (nSPS) is 19.3. The first-order valence-electron chi connectivity index (χ1n) is 8.17. The van der Waals surface area contributed by atoms with Gasteiger partial charge in [-0.25, -0.2) is 0 Å². The molecule has 1 aliphatic heterocycles. The molecule has 0 amide bonds. The van der Waals surface area contributed by atoms with Crippen molar-refractivity contribution in [2.45, 2.75) is 38.8 Å². The summed E-state index contributed by atoms with van der Waals surface area (Å²) in [5.74, 6) is 0.359. The maximum Gasteiger partial charge on any atom is 0.115 e. The number of rotatable bonds is 6. The Morgan fingerprint density at radius 3 is 2.81 bits per heavy atom. The summed E-state index contributed by atoms with van der Waals surface area (Å²) in [6.45, 7) is 8.49. The van der Waals surface area contributed by atoms with E-state index in [0.29, 0.717) is 11.8 Å². The van der Waals surface area contributed by atoms with Crippen LogP contribution in [0.25, 0.3) is 0 Å². The van der Waals surface area contributed by atoms with Crippen molar-refractivity contribution in [3.05, 3.63) is 29.8 Å². The highest BCUT2D eigenvalue weighted by molar-refractivity contribution is 5.27. The molecule has 2 rings (SSSR count). The fraction of sp³-hybridized carbons (Fsp3) is 0.647. The van der Waals surface area contributed by atoms with Crippen molar-refractivity contribution in [2.24, 2.45) is 5.73 Å². The van der Waals surface area contributed by atoms with E-state index >= 15 is 0 Å². The second-order valence-electron chi connectivity index (χ2n) is 5.97. The lowest BCUT2D eigenvalue weighted by Crippen LogP contribution is -2.39. The molecule has 0 spiro atoms. The van der Waals surface area contributed by atoms with Gasteiger partial charge in [-0.1, -0.05) is 19.1 Å². The molecule has 0 saturated carbocycles. The average Bonchev–Trinajstić information content (AvgIpc) is 2.70. The van der Waals surface area contributed by atoms with E-state index in [9.17, 15) is 5.11 Å². The molecule has 21 heavy (non-hydrogen) atoms. The summed E-state index contributed by atoms with van der Waals surface area (Å²) in [5, 5.41) is 9.57. The molecule has 118 valence electrons. The quantitative estimate of drug-likeness (QED) is 0.842. The minimum absolute atomic E-state index is 0.359. The van der Waals surface area contributed by atoms with E-state index in [1.54, 1.807) is 6.07 Å². The van der Waals surface area contributed by atoms with Crippen LogP contribution in [-0.2, 0) is 6.54 Å². The molecular weight excluding hydrogens is 262 g/mol. The van der Waals surface area contributed by atoms with Crippen LogP contribution in [0.5, 0.6) is 5.75 Å². The molecule has 1 aromatic rings. The number of hydrogen-bond acceptors (Lipinski definition) is 4. The number of phenolic OH excluding ortho intramolecular Hbond substituents is 1. The summed E-state index contributed by atoms with van der Waals surface area (Å²) in [4.78, 5) is 5.10. The number of phenols is 1. The van der Waals surface area contributed by atoms with E-state index in [4.69, 9.17) is 5.73 Å². The summed E-state index contributed by atoms with van der Waals surface area (Å²) in [6, 6.07) is 8.24. The Morgan fingerprint density at radius 2 is 2.10 bits per heavy atom. The number of hydrogen-bond donors (Lipinski definition) is 2. The molecule has 1 aliphatic rings. The van der Waals surface area contributed by atoms with Gasteiger partial charge < -0.3 is 10.8 Å². The summed E-state index contributed by atoms with van der Waals surface area (Å²) < 4.78 is 0. The molecule has 0 aromatic heterocycles. The summed E-state index contributed by atoms with van der Waals surface area (Å²) >= 11 is 0. The standard InChI is InChI=1S/C17H29N3O/c1-2-16(7-8-18)20-10-4-9-19(11-12-20)14-15-5-3-6-17(21)13-15/h3,5-6,13,16,21H,2,4,7-12,14,18H2,1H3. The molecule has 0 aliphatic carbocycles. The van der Waals surface area contributed by atoms with Crippen LogP contribution in [0.3, 0.4) is 0 Å². The minimum atomic E-state index is 0.359. The van der Waals surface area contributed by atoms with Gasteiger partial charge >= 0.3 is 0 Å². The highest BCUT2D eigenvalue weighted by Gasteiger charge is 2.20. The van der Waals surface area contributed by atoms with Crippen LogP contribution in [0.1, 0.15) is 31.7 Å². The fourth-order valence-electron chi connectivity index (χ4n) is 3.26. The first kappa shape index (κ1) is 16.3. The number of benzene rings is 1. The first-order chi connectivity index (χ1) is 10.2. The SMILES string of the molecule is CCC(CCN)N1CCCN(Cc2cccc(O)c2)CC1. The van der Waals surface area contributed by atoms with Crippen molar-refractivity contribution in [2.75, 3.05) is 32.7 Å². The fourth-order valence-corrected chi connectivity index (χ4v) is 3.26. The van der Waals surface area contributed by atoms with Crippen LogP contribution in [0, 0.1) is 0 Å². The topological polar surface area (TPSA) is 52.7 Å². The minimum Gasteiger partial charge on any atom is -0.508 e. The smallest absolute Gasteiger partial charge is 0.115 e. The Hall–Kier alpha value is -1.10. The second kappa shape index (κ2) is 8.37. The molecular formula is C17H29N3O. The number of aromatic hydroxyl groups is 1. The van der Waals surface area contributed by atoms with Crippen molar-refractivity contribution >= 4 is 0 Å². The van der Waals surface area contributed by atoms with E-state index in [1.165, 1.54) is 24.9 Å². The molecule has 1 aromatic carbocycles. The van der Waals surface area contributed by atoms with Crippen LogP contribution in [0.2, 0.25) is 0 Å². The van der Waals surface area contributed by atoms with Gasteiger partial charge in [0, 0.05) is 25.7 Å².